The van der Waals surface area contributed by atoms with E-state index in [9.17, 15) is 9.90 Å². The van der Waals surface area contributed by atoms with Gasteiger partial charge in [0.2, 0.25) is 5.13 Å². The van der Waals surface area contributed by atoms with Crippen molar-refractivity contribution in [3.63, 3.8) is 0 Å². The Kier molecular flexibility index (Phi) is 4.70. The van der Waals surface area contributed by atoms with Gasteiger partial charge in [-0.3, -0.25) is 4.79 Å². The first-order chi connectivity index (χ1) is 10.7. The topological polar surface area (TPSA) is 115 Å². The molecule has 0 radical (unpaired) electrons. The summed E-state index contributed by atoms with van der Waals surface area (Å²) in [7, 11) is 0. The highest BCUT2D eigenvalue weighted by molar-refractivity contribution is 7.15. The van der Waals surface area contributed by atoms with E-state index in [1.165, 1.54) is 11.3 Å². The molecule has 1 aromatic heterocycles. The van der Waals surface area contributed by atoms with Crippen LogP contribution in [-0.2, 0) is 11.2 Å². The number of aliphatic imine (C=N–C) groups is 1. The smallest absolute Gasteiger partial charge is 0.309 e. The lowest BCUT2D eigenvalue weighted by Gasteiger charge is -2.19. The first kappa shape index (κ1) is 17.0. The van der Waals surface area contributed by atoms with Crippen LogP contribution in [0.1, 0.15) is 24.3 Å². The molecule has 0 bridgehead atoms. The number of guanidine groups is 1. The molecule has 23 heavy (non-hydrogen) atoms. The molecular formula is C16H20N4O2S. The van der Waals surface area contributed by atoms with Gasteiger partial charge in [-0.25, -0.2) is 4.98 Å². The Morgan fingerprint density at radius 2 is 1.91 bits per heavy atom. The van der Waals surface area contributed by atoms with Crippen molar-refractivity contribution in [2.45, 2.75) is 27.2 Å². The molecule has 7 heteroatoms. The maximum absolute atomic E-state index is 11.2. The molecule has 5 N–H and O–H groups in total. The van der Waals surface area contributed by atoms with Crippen molar-refractivity contribution in [3.8, 4) is 11.3 Å². The van der Waals surface area contributed by atoms with Gasteiger partial charge in [-0.2, -0.15) is 4.99 Å². The number of aryl methyl sites for hydroxylation is 1. The van der Waals surface area contributed by atoms with Crippen LogP contribution in [0.25, 0.3) is 11.3 Å². The largest absolute Gasteiger partial charge is 0.481 e. The summed E-state index contributed by atoms with van der Waals surface area (Å²) in [5, 5.41) is 9.73. The number of aliphatic carboxylic acids is 1. The summed E-state index contributed by atoms with van der Waals surface area (Å²) < 4.78 is 0. The van der Waals surface area contributed by atoms with E-state index in [1.807, 2.05) is 31.2 Å². The van der Waals surface area contributed by atoms with E-state index < -0.39 is 11.4 Å². The minimum atomic E-state index is -0.807. The average Bonchev–Trinajstić information content (AvgIpc) is 2.79. The van der Waals surface area contributed by atoms with E-state index in [0.717, 1.165) is 21.7 Å². The molecule has 1 heterocycles. The lowest BCUT2D eigenvalue weighted by atomic mass is 9.86. The van der Waals surface area contributed by atoms with Crippen LogP contribution in [0.15, 0.2) is 29.3 Å². The van der Waals surface area contributed by atoms with E-state index in [1.54, 1.807) is 13.8 Å². The minimum absolute atomic E-state index is 0.0171. The van der Waals surface area contributed by atoms with Crippen molar-refractivity contribution >= 4 is 28.4 Å². The van der Waals surface area contributed by atoms with E-state index in [0.29, 0.717) is 11.6 Å². The molecule has 0 atom stereocenters. The van der Waals surface area contributed by atoms with E-state index in [2.05, 4.69) is 9.98 Å². The monoisotopic (exact) mass is 332 g/mol. The highest BCUT2D eigenvalue weighted by Crippen LogP contribution is 2.32. The molecule has 0 spiro atoms. The summed E-state index contributed by atoms with van der Waals surface area (Å²) in [5.41, 5.74) is 12.7. The third kappa shape index (κ3) is 4.07. The first-order valence-corrected chi connectivity index (χ1v) is 7.90. The predicted octanol–water partition coefficient (Wildman–Crippen LogP) is 2.68. The molecule has 0 aliphatic rings. The van der Waals surface area contributed by atoms with Crippen molar-refractivity contribution < 1.29 is 9.90 Å². The fourth-order valence-electron chi connectivity index (χ4n) is 2.17. The van der Waals surface area contributed by atoms with Crippen molar-refractivity contribution in [3.05, 3.63) is 34.7 Å². The molecule has 0 unspecified atom stereocenters. The maximum Gasteiger partial charge on any atom is 0.309 e. The van der Waals surface area contributed by atoms with Gasteiger partial charge in [0.25, 0.3) is 0 Å². The van der Waals surface area contributed by atoms with Gasteiger partial charge in [-0.05, 0) is 32.8 Å². The zero-order valence-electron chi connectivity index (χ0n) is 13.3. The van der Waals surface area contributed by atoms with Crippen molar-refractivity contribution in [1.82, 2.24) is 4.98 Å². The van der Waals surface area contributed by atoms with Crippen LogP contribution in [-0.4, -0.2) is 22.0 Å². The van der Waals surface area contributed by atoms with Gasteiger partial charge in [0.1, 0.15) is 0 Å². The molecule has 122 valence electrons. The number of hydrogen-bond donors (Lipinski definition) is 3. The summed E-state index contributed by atoms with van der Waals surface area (Å²) in [6.45, 7) is 5.39. The number of aromatic nitrogens is 1. The number of hydrogen-bond acceptors (Lipinski definition) is 4. The van der Waals surface area contributed by atoms with Gasteiger partial charge in [0.15, 0.2) is 5.96 Å². The Balaban J connectivity index is 2.25. The Labute approximate surface area is 138 Å². The van der Waals surface area contributed by atoms with Crippen molar-refractivity contribution in [1.29, 1.82) is 0 Å². The number of nitrogens with two attached hydrogens (primary N) is 2. The number of benzene rings is 1. The lowest BCUT2D eigenvalue weighted by Crippen LogP contribution is -2.26. The number of thiazole rings is 1. The summed E-state index contributed by atoms with van der Waals surface area (Å²) >= 11 is 1.42. The van der Waals surface area contributed by atoms with Crippen molar-refractivity contribution in [2.24, 2.45) is 21.9 Å². The molecule has 0 saturated heterocycles. The van der Waals surface area contributed by atoms with Gasteiger partial charge in [-0.1, -0.05) is 35.6 Å². The molecule has 0 amide bonds. The Hall–Kier alpha value is -2.41. The lowest BCUT2D eigenvalue weighted by molar-refractivity contribution is -0.146. The second kappa shape index (κ2) is 6.37. The van der Waals surface area contributed by atoms with Crippen LogP contribution in [0.2, 0.25) is 0 Å². The number of carboxylic acids is 1. The van der Waals surface area contributed by atoms with Crippen LogP contribution in [0.5, 0.6) is 0 Å². The van der Waals surface area contributed by atoms with Gasteiger partial charge in [0.05, 0.1) is 11.1 Å². The molecule has 6 nitrogen and oxygen atoms in total. The zero-order valence-corrected chi connectivity index (χ0v) is 14.1. The third-order valence-electron chi connectivity index (χ3n) is 3.46. The second-order valence-corrected chi connectivity index (χ2v) is 7.18. The number of carbonyl (C=O) groups is 1. The Morgan fingerprint density at radius 1 is 1.30 bits per heavy atom. The van der Waals surface area contributed by atoms with E-state index in [4.69, 9.17) is 11.5 Å². The minimum Gasteiger partial charge on any atom is -0.481 e. The first-order valence-electron chi connectivity index (χ1n) is 7.09. The molecule has 0 aliphatic heterocycles. The quantitative estimate of drug-likeness (QED) is 0.575. The van der Waals surface area contributed by atoms with Gasteiger partial charge in [0, 0.05) is 10.4 Å². The highest BCUT2D eigenvalue weighted by atomic mass is 32.1. The number of nitrogens with zero attached hydrogens (tertiary/aromatic N) is 2. The van der Waals surface area contributed by atoms with Crippen LogP contribution >= 0.6 is 11.3 Å². The normalized spacial score (nSPS) is 11.3. The van der Waals surface area contributed by atoms with Gasteiger partial charge < -0.3 is 16.6 Å². The highest BCUT2D eigenvalue weighted by Gasteiger charge is 2.27. The third-order valence-corrected chi connectivity index (χ3v) is 4.33. The summed E-state index contributed by atoms with van der Waals surface area (Å²) in [5.74, 6) is -0.824. The predicted molar refractivity (Wildman–Crippen MR) is 92.9 cm³/mol. The zero-order chi connectivity index (χ0) is 17.2. The SMILES string of the molecule is Cc1sc(N=C(N)N)nc1-c1ccc(CC(C)(C)C(=O)O)cc1. The van der Waals surface area contributed by atoms with Gasteiger partial charge in [-0.15, -0.1) is 0 Å². The number of rotatable bonds is 5. The summed E-state index contributed by atoms with van der Waals surface area (Å²) in [4.78, 5) is 20.6. The average molecular weight is 332 g/mol. The summed E-state index contributed by atoms with van der Waals surface area (Å²) in [6.07, 6.45) is 0.470. The molecular weight excluding hydrogens is 312 g/mol. The second-order valence-electron chi connectivity index (χ2n) is 6.00. The fourth-order valence-corrected chi connectivity index (χ4v) is 3.00. The van der Waals surface area contributed by atoms with Crippen LogP contribution < -0.4 is 11.5 Å². The van der Waals surface area contributed by atoms with E-state index >= 15 is 0 Å². The molecule has 2 aromatic rings. The molecule has 2 rings (SSSR count). The molecule has 1 aromatic carbocycles. The Morgan fingerprint density at radius 3 is 2.43 bits per heavy atom. The fraction of sp³-hybridized carbons (Fsp3) is 0.312. The van der Waals surface area contributed by atoms with Crippen LogP contribution in [0.3, 0.4) is 0 Å². The molecule has 0 aliphatic carbocycles. The standard InChI is InChI=1S/C16H20N4O2S/c1-9-12(19-15(23-9)20-14(17)18)11-6-4-10(5-7-11)8-16(2,3)13(21)22/h4-7H,8H2,1-3H3,(H,21,22)(H4,17,18,19,20). The number of carboxylic acid groups (broad SMARTS) is 1. The molecule has 0 saturated carbocycles. The van der Waals surface area contributed by atoms with Crippen molar-refractivity contribution in [2.75, 3.05) is 0 Å². The Bertz CT molecular complexity index is 744. The summed E-state index contributed by atoms with van der Waals surface area (Å²) in [6, 6.07) is 7.74. The molecule has 0 fully saturated rings. The van der Waals surface area contributed by atoms with Gasteiger partial charge >= 0.3 is 5.97 Å². The van der Waals surface area contributed by atoms with Crippen LogP contribution in [0.4, 0.5) is 5.13 Å². The maximum atomic E-state index is 11.2. The van der Waals surface area contributed by atoms with Crippen LogP contribution in [0, 0.1) is 12.3 Å². The van der Waals surface area contributed by atoms with E-state index in [-0.39, 0.29) is 5.96 Å².